The third kappa shape index (κ3) is 1.44. The Hall–Kier alpha value is -2.23. The first-order valence-electron chi connectivity index (χ1n) is 9.24. The van der Waals surface area contributed by atoms with Gasteiger partial charge in [0.15, 0.2) is 5.54 Å². The molecule has 0 radical (unpaired) electrons. The maximum atomic E-state index is 13.4. The minimum atomic E-state index is -0.675. The number of hydrogen-bond acceptors (Lipinski definition) is 3. The van der Waals surface area contributed by atoms with E-state index in [1.165, 1.54) is 5.56 Å². The predicted molar refractivity (Wildman–Crippen MR) is 94.7 cm³/mol. The number of hydroxylamine groups is 1. The zero-order chi connectivity index (χ0) is 17.3. The van der Waals surface area contributed by atoms with Crippen LogP contribution < -0.4 is 0 Å². The van der Waals surface area contributed by atoms with Gasteiger partial charge < -0.3 is 5.21 Å². The van der Waals surface area contributed by atoms with Crippen molar-refractivity contribution in [2.75, 3.05) is 0 Å². The van der Waals surface area contributed by atoms with E-state index in [4.69, 9.17) is 5.11 Å². The van der Waals surface area contributed by atoms with Crippen molar-refractivity contribution in [2.45, 2.75) is 44.2 Å². The molecule has 4 nitrogen and oxygen atoms in total. The van der Waals surface area contributed by atoms with E-state index >= 15 is 0 Å². The van der Waals surface area contributed by atoms with Crippen molar-refractivity contribution in [3.63, 3.8) is 0 Å². The van der Waals surface area contributed by atoms with Crippen molar-refractivity contribution in [1.29, 1.82) is 0 Å². The molecule has 1 aromatic carbocycles. The lowest BCUT2D eigenvalue weighted by Gasteiger charge is -2.37. The minimum absolute atomic E-state index is 0.299. The zero-order valence-electron chi connectivity index (χ0n) is 14.7. The monoisotopic (exact) mass is 333 g/mol. The Kier molecular flexibility index (Phi) is 2.82. The smallest absolute Gasteiger partial charge is 0.251 e. The van der Waals surface area contributed by atoms with Gasteiger partial charge in [-0.3, -0.25) is 4.98 Å². The van der Waals surface area contributed by atoms with Crippen molar-refractivity contribution in [2.24, 2.45) is 22.4 Å². The minimum Gasteiger partial charge on any atom is -0.599 e. The number of benzene rings is 1. The summed E-state index contributed by atoms with van der Waals surface area (Å²) in [7, 11) is 0. The van der Waals surface area contributed by atoms with Crippen LogP contribution in [0.1, 0.15) is 44.4 Å². The lowest BCUT2D eigenvalue weighted by atomic mass is 9.62. The standard InChI is InChI=1S/C21H23N3O/c1-19(2)20(15-9-4-3-5-10-15)16-11-8-12-17(16)21(19,24(25)23-20)18-13-6-7-14-22-18/h3-7,9-10,13-14,16-17H,8,11-12H2,1-2H3/t16-,17+,20-,21-/m0/s1. The molecular weight excluding hydrogens is 310 g/mol. The molecule has 0 N–H and O–H groups in total. The normalized spacial score (nSPS) is 37.8. The third-order valence-electron chi connectivity index (χ3n) is 7.31. The van der Waals surface area contributed by atoms with Gasteiger partial charge in [0.2, 0.25) is 0 Å². The average Bonchev–Trinajstić information content (AvgIpc) is 3.22. The van der Waals surface area contributed by atoms with Crippen molar-refractivity contribution in [3.05, 3.63) is 71.2 Å². The van der Waals surface area contributed by atoms with Gasteiger partial charge in [-0.1, -0.05) is 47.7 Å². The molecule has 0 spiro atoms. The number of aromatic nitrogens is 1. The van der Waals surface area contributed by atoms with Crippen LogP contribution in [0.5, 0.6) is 0 Å². The summed E-state index contributed by atoms with van der Waals surface area (Å²) in [5.74, 6) is 0.699. The van der Waals surface area contributed by atoms with Crippen LogP contribution in [-0.2, 0) is 11.1 Å². The van der Waals surface area contributed by atoms with Gasteiger partial charge >= 0.3 is 0 Å². The first-order valence-corrected chi connectivity index (χ1v) is 9.24. The quantitative estimate of drug-likeness (QED) is 0.595. The topological polar surface area (TPSA) is 51.3 Å². The van der Waals surface area contributed by atoms with Gasteiger partial charge in [-0.2, -0.15) is 0 Å². The van der Waals surface area contributed by atoms with Gasteiger partial charge in [0, 0.05) is 18.0 Å². The summed E-state index contributed by atoms with van der Waals surface area (Å²) in [5.41, 5.74) is 0.590. The maximum Gasteiger partial charge on any atom is 0.251 e. The van der Waals surface area contributed by atoms with E-state index in [0.717, 1.165) is 29.8 Å². The Morgan fingerprint density at radius 2 is 1.72 bits per heavy atom. The summed E-state index contributed by atoms with van der Waals surface area (Å²) in [6.07, 6.45) is 5.18. The average molecular weight is 333 g/mol. The molecule has 1 aliphatic heterocycles. The number of rotatable bonds is 2. The molecule has 4 atom stereocenters. The molecule has 3 aliphatic rings. The van der Waals surface area contributed by atoms with E-state index in [0.29, 0.717) is 11.8 Å². The van der Waals surface area contributed by atoms with Gasteiger partial charge in [0.05, 0.1) is 5.41 Å². The second-order valence-corrected chi connectivity index (χ2v) is 8.26. The number of fused-ring (bicyclic) bond motifs is 5. The van der Waals surface area contributed by atoms with E-state index in [2.05, 4.69) is 43.1 Å². The fourth-order valence-corrected chi connectivity index (χ4v) is 6.50. The van der Waals surface area contributed by atoms with Gasteiger partial charge in [-0.05, 0) is 49.5 Å². The molecule has 0 amide bonds. The second kappa shape index (κ2) is 4.69. The van der Waals surface area contributed by atoms with Gasteiger partial charge in [0.25, 0.3) is 5.54 Å². The maximum absolute atomic E-state index is 13.4. The van der Waals surface area contributed by atoms with Crippen LogP contribution >= 0.6 is 0 Å². The number of pyridine rings is 1. The summed E-state index contributed by atoms with van der Waals surface area (Å²) in [5, 5.41) is 18.2. The van der Waals surface area contributed by atoms with Crippen LogP contribution in [-0.4, -0.2) is 9.84 Å². The molecule has 2 bridgehead atoms. The van der Waals surface area contributed by atoms with Crippen LogP contribution in [0.25, 0.3) is 0 Å². The first-order chi connectivity index (χ1) is 12.1. The fraction of sp³-hybridized carbons (Fsp3) is 0.476. The molecule has 128 valence electrons. The molecule has 2 fully saturated rings. The van der Waals surface area contributed by atoms with Crippen molar-refractivity contribution >= 4 is 0 Å². The fourth-order valence-electron chi connectivity index (χ4n) is 6.50. The molecule has 4 heteroatoms. The molecule has 2 heterocycles. The zero-order valence-corrected chi connectivity index (χ0v) is 14.7. The lowest BCUT2D eigenvalue weighted by molar-refractivity contribution is -0.633. The van der Waals surface area contributed by atoms with Crippen LogP contribution in [0.4, 0.5) is 0 Å². The van der Waals surface area contributed by atoms with Crippen molar-refractivity contribution in [1.82, 2.24) is 4.98 Å². The summed E-state index contributed by atoms with van der Waals surface area (Å²) in [6, 6.07) is 16.4. The van der Waals surface area contributed by atoms with E-state index < -0.39 is 11.1 Å². The largest absolute Gasteiger partial charge is 0.599 e. The molecular formula is C21H23N3O. The van der Waals surface area contributed by atoms with E-state index in [1.54, 1.807) is 6.20 Å². The Balaban J connectivity index is 1.84. The number of nitrogens with zero attached hydrogens (tertiary/aromatic N) is 3. The van der Waals surface area contributed by atoms with Gasteiger partial charge in [0.1, 0.15) is 5.69 Å². The molecule has 2 aliphatic carbocycles. The van der Waals surface area contributed by atoms with Crippen molar-refractivity contribution in [3.8, 4) is 0 Å². The molecule has 1 aromatic heterocycles. The summed E-state index contributed by atoms with van der Waals surface area (Å²) in [6.45, 7) is 4.46. The van der Waals surface area contributed by atoms with E-state index in [1.807, 2.05) is 24.3 Å². The van der Waals surface area contributed by atoms with Crippen LogP contribution in [0.15, 0.2) is 59.8 Å². The second-order valence-electron chi connectivity index (χ2n) is 8.26. The number of hydrogen-bond donors (Lipinski definition) is 0. The molecule has 5 rings (SSSR count). The highest BCUT2D eigenvalue weighted by Gasteiger charge is 2.85. The molecule has 0 unspecified atom stereocenters. The highest BCUT2D eigenvalue weighted by Crippen LogP contribution is 2.76. The molecule has 2 saturated carbocycles. The van der Waals surface area contributed by atoms with Crippen LogP contribution in [0, 0.1) is 22.5 Å². The summed E-state index contributed by atoms with van der Waals surface area (Å²) in [4.78, 5) is 5.70. The number of azo groups is 1. The molecule has 2 aromatic rings. The highest BCUT2D eigenvalue weighted by atomic mass is 16.5. The van der Waals surface area contributed by atoms with Crippen LogP contribution in [0.3, 0.4) is 0 Å². The molecule has 0 saturated heterocycles. The lowest BCUT2D eigenvalue weighted by Crippen LogP contribution is -2.49. The first kappa shape index (κ1) is 15.1. The van der Waals surface area contributed by atoms with Crippen LogP contribution in [0.2, 0.25) is 0 Å². The summed E-state index contributed by atoms with van der Waals surface area (Å²) >= 11 is 0. The van der Waals surface area contributed by atoms with E-state index in [9.17, 15) is 5.21 Å². The Labute approximate surface area is 148 Å². The van der Waals surface area contributed by atoms with E-state index in [-0.39, 0.29) is 5.41 Å². The highest BCUT2D eigenvalue weighted by molar-refractivity contribution is 5.40. The summed E-state index contributed by atoms with van der Waals surface area (Å²) < 4.78 is 0. The third-order valence-corrected chi connectivity index (χ3v) is 7.31. The SMILES string of the molecule is CC1(C)[C@@]2(c3ccccn3)[C@@H]3CCC[C@@H]3[C@]1(c1ccccc1)N=[N+]2[O-]. The Morgan fingerprint density at radius 1 is 1.00 bits per heavy atom. The van der Waals surface area contributed by atoms with Gasteiger partial charge in [-0.15, -0.1) is 0 Å². The van der Waals surface area contributed by atoms with Crippen molar-refractivity contribution < 1.29 is 4.86 Å². The van der Waals surface area contributed by atoms with Gasteiger partial charge in [-0.25, -0.2) is 0 Å². The predicted octanol–water partition coefficient (Wildman–Crippen LogP) is 4.60. The molecule has 25 heavy (non-hydrogen) atoms. The Bertz CT molecular complexity index is 848. The Morgan fingerprint density at radius 3 is 2.44 bits per heavy atom.